The summed E-state index contributed by atoms with van der Waals surface area (Å²) in [6, 6.07) is 4.58. The van der Waals surface area contributed by atoms with E-state index in [1.54, 1.807) is 6.07 Å². The molecule has 1 aromatic rings. The predicted octanol–water partition coefficient (Wildman–Crippen LogP) is 1.57. The van der Waals surface area contributed by atoms with Crippen molar-refractivity contribution < 1.29 is 8.42 Å². The molecular formula is C11H13ClN2O2S2. The van der Waals surface area contributed by atoms with Crippen LogP contribution in [0.2, 0.25) is 5.02 Å². The molecule has 0 saturated carbocycles. The molecule has 1 rings (SSSR count). The second kappa shape index (κ2) is 6.90. The normalized spacial score (nSPS) is 11.1. The lowest BCUT2D eigenvalue weighted by Gasteiger charge is -2.10. The first-order valence-electron chi connectivity index (χ1n) is 5.04. The Morgan fingerprint density at radius 2 is 2.22 bits per heavy atom. The van der Waals surface area contributed by atoms with Gasteiger partial charge in [-0.2, -0.15) is 0 Å². The summed E-state index contributed by atoms with van der Waals surface area (Å²) in [5.41, 5.74) is 5.75. The molecule has 0 bridgehead atoms. The number of nitrogens with two attached hydrogens (primary N) is 1. The summed E-state index contributed by atoms with van der Waals surface area (Å²) in [7, 11) is -3.68. The highest BCUT2D eigenvalue weighted by Crippen LogP contribution is 2.26. The standard InChI is InChI=1S/C11H13ClN2O2S2/c1-2-7-17-8-6-14-18(15,16)11-9(12)4-3-5-10(11)13/h1,3-5,14H,6-8,13H2. The van der Waals surface area contributed by atoms with E-state index >= 15 is 0 Å². The van der Waals surface area contributed by atoms with Crippen molar-refractivity contribution >= 4 is 39.1 Å². The van der Waals surface area contributed by atoms with E-state index in [1.807, 2.05) is 0 Å². The van der Waals surface area contributed by atoms with Gasteiger partial charge in [0, 0.05) is 12.3 Å². The van der Waals surface area contributed by atoms with E-state index in [9.17, 15) is 8.42 Å². The Kier molecular flexibility index (Phi) is 5.82. The maximum Gasteiger partial charge on any atom is 0.244 e. The second-order valence-corrected chi connectivity index (χ2v) is 6.53. The number of terminal acetylenes is 1. The third-order valence-electron chi connectivity index (χ3n) is 1.99. The molecule has 0 heterocycles. The van der Waals surface area contributed by atoms with E-state index in [4.69, 9.17) is 23.8 Å². The van der Waals surface area contributed by atoms with Gasteiger partial charge in [0.15, 0.2) is 0 Å². The van der Waals surface area contributed by atoms with Gasteiger partial charge in [0.2, 0.25) is 10.0 Å². The smallest absolute Gasteiger partial charge is 0.244 e. The highest BCUT2D eigenvalue weighted by molar-refractivity contribution is 7.99. The van der Waals surface area contributed by atoms with Crippen molar-refractivity contribution in [3.8, 4) is 12.3 Å². The van der Waals surface area contributed by atoms with Gasteiger partial charge in [0.1, 0.15) is 4.90 Å². The number of benzene rings is 1. The largest absolute Gasteiger partial charge is 0.398 e. The van der Waals surface area contributed by atoms with Gasteiger partial charge in [0.25, 0.3) is 0 Å². The number of sulfonamides is 1. The van der Waals surface area contributed by atoms with Gasteiger partial charge < -0.3 is 5.73 Å². The zero-order valence-electron chi connectivity index (χ0n) is 9.52. The number of hydrogen-bond donors (Lipinski definition) is 2. The minimum Gasteiger partial charge on any atom is -0.398 e. The highest BCUT2D eigenvalue weighted by atomic mass is 35.5. The minimum absolute atomic E-state index is 0.0754. The summed E-state index contributed by atoms with van der Waals surface area (Å²) < 4.78 is 26.4. The van der Waals surface area contributed by atoms with E-state index in [2.05, 4.69) is 10.6 Å². The molecule has 0 aliphatic heterocycles. The topological polar surface area (TPSA) is 72.2 Å². The van der Waals surface area contributed by atoms with Gasteiger partial charge in [-0.3, -0.25) is 0 Å². The SMILES string of the molecule is C#CCSCCNS(=O)(=O)c1c(N)cccc1Cl. The number of hydrogen-bond acceptors (Lipinski definition) is 4. The monoisotopic (exact) mass is 304 g/mol. The van der Waals surface area contributed by atoms with Gasteiger partial charge in [-0.25, -0.2) is 13.1 Å². The van der Waals surface area contributed by atoms with Crippen LogP contribution >= 0.6 is 23.4 Å². The maximum absolute atomic E-state index is 12.0. The number of thioether (sulfide) groups is 1. The summed E-state index contributed by atoms with van der Waals surface area (Å²) in [5, 5.41) is 0.110. The molecule has 0 fully saturated rings. The number of nitrogen functional groups attached to an aromatic ring is 1. The third kappa shape index (κ3) is 4.10. The van der Waals surface area contributed by atoms with Gasteiger partial charge in [0.05, 0.1) is 16.5 Å². The van der Waals surface area contributed by atoms with Crippen molar-refractivity contribution in [1.82, 2.24) is 4.72 Å². The lowest BCUT2D eigenvalue weighted by molar-refractivity contribution is 0.584. The van der Waals surface area contributed by atoms with Crippen molar-refractivity contribution in [2.24, 2.45) is 0 Å². The number of rotatable bonds is 6. The molecule has 18 heavy (non-hydrogen) atoms. The average molecular weight is 305 g/mol. The quantitative estimate of drug-likeness (QED) is 0.475. The van der Waals surface area contributed by atoms with E-state index in [-0.39, 0.29) is 22.2 Å². The molecule has 0 saturated heterocycles. The second-order valence-electron chi connectivity index (χ2n) is 3.31. The number of halogens is 1. The fraction of sp³-hybridized carbons (Fsp3) is 0.273. The van der Waals surface area contributed by atoms with Gasteiger partial charge in [-0.15, -0.1) is 18.2 Å². The van der Waals surface area contributed by atoms with E-state index in [0.717, 1.165) is 0 Å². The molecule has 0 amide bonds. The van der Waals surface area contributed by atoms with Crippen LogP contribution in [0.3, 0.4) is 0 Å². The van der Waals surface area contributed by atoms with Crippen molar-refractivity contribution in [3.05, 3.63) is 23.2 Å². The molecule has 0 aromatic heterocycles. The van der Waals surface area contributed by atoms with Crippen LogP contribution in [0, 0.1) is 12.3 Å². The molecule has 0 spiro atoms. The molecule has 0 aliphatic rings. The molecule has 0 unspecified atom stereocenters. The Balaban J connectivity index is 2.73. The van der Waals surface area contributed by atoms with Gasteiger partial charge >= 0.3 is 0 Å². The Labute approximate surface area is 116 Å². The van der Waals surface area contributed by atoms with Crippen molar-refractivity contribution in [2.75, 3.05) is 23.8 Å². The Morgan fingerprint density at radius 3 is 2.83 bits per heavy atom. The van der Waals surface area contributed by atoms with E-state index in [1.165, 1.54) is 23.9 Å². The van der Waals surface area contributed by atoms with Gasteiger partial charge in [-0.1, -0.05) is 23.6 Å². The van der Waals surface area contributed by atoms with Crippen molar-refractivity contribution in [1.29, 1.82) is 0 Å². The lowest BCUT2D eigenvalue weighted by atomic mass is 10.3. The molecule has 4 nitrogen and oxygen atoms in total. The summed E-state index contributed by atoms with van der Waals surface area (Å²) >= 11 is 7.32. The summed E-state index contributed by atoms with van der Waals surface area (Å²) in [4.78, 5) is -0.0754. The number of anilines is 1. The molecule has 98 valence electrons. The van der Waals surface area contributed by atoms with Crippen LogP contribution in [0.5, 0.6) is 0 Å². The predicted molar refractivity (Wildman–Crippen MR) is 77.2 cm³/mol. The molecule has 3 N–H and O–H groups in total. The Morgan fingerprint density at radius 1 is 1.50 bits per heavy atom. The first kappa shape index (κ1) is 15.2. The number of nitrogens with one attached hydrogen (secondary N) is 1. The van der Waals surface area contributed by atoms with Crippen LogP contribution in [0.1, 0.15) is 0 Å². The molecule has 0 radical (unpaired) electrons. The molecule has 0 aliphatic carbocycles. The molecular weight excluding hydrogens is 292 g/mol. The third-order valence-corrected chi connectivity index (χ3v) is 4.86. The zero-order valence-corrected chi connectivity index (χ0v) is 11.9. The molecule has 1 aromatic carbocycles. The molecule has 7 heteroatoms. The maximum atomic E-state index is 12.0. The van der Waals surface area contributed by atoms with Crippen LogP contribution < -0.4 is 10.5 Å². The van der Waals surface area contributed by atoms with E-state index in [0.29, 0.717) is 11.5 Å². The van der Waals surface area contributed by atoms with Crippen LogP contribution in [0.25, 0.3) is 0 Å². The fourth-order valence-corrected chi connectivity index (χ4v) is 3.60. The van der Waals surface area contributed by atoms with Crippen LogP contribution in [0.15, 0.2) is 23.1 Å². The summed E-state index contributed by atoms with van der Waals surface area (Å²) in [6.07, 6.45) is 5.08. The first-order valence-corrected chi connectivity index (χ1v) is 8.05. The van der Waals surface area contributed by atoms with Crippen LogP contribution in [0.4, 0.5) is 5.69 Å². The van der Waals surface area contributed by atoms with Crippen LogP contribution in [-0.2, 0) is 10.0 Å². The summed E-state index contributed by atoms with van der Waals surface area (Å²) in [5.74, 6) is 3.60. The van der Waals surface area contributed by atoms with Crippen molar-refractivity contribution in [2.45, 2.75) is 4.90 Å². The first-order chi connectivity index (χ1) is 8.49. The Hall–Kier alpha value is -0.870. The Bertz CT molecular complexity index is 532. The minimum atomic E-state index is -3.68. The summed E-state index contributed by atoms with van der Waals surface area (Å²) in [6.45, 7) is 0.277. The lowest BCUT2D eigenvalue weighted by Crippen LogP contribution is -2.27. The van der Waals surface area contributed by atoms with Gasteiger partial charge in [-0.05, 0) is 12.1 Å². The zero-order chi connectivity index (χ0) is 13.6. The van der Waals surface area contributed by atoms with Crippen molar-refractivity contribution in [3.63, 3.8) is 0 Å². The average Bonchev–Trinajstić information content (AvgIpc) is 2.28. The molecule has 0 atom stereocenters. The van der Waals surface area contributed by atoms with E-state index < -0.39 is 10.0 Å². The fourth-order valence-electron chi connectivity index (χ4n) is 1.26. The van der Waals surface area contributed by atoms with Crippen LogP contribution in [-0.4, -0.2) is 26.5 Å². The highest BCUT2D eigenvalue weighted by Gasteiger charge is 2.20.